The van der Waals surface area contributed by atoms with Crippen molar-refractivity contribution in [2.24, 2.45) is 10.7 Å². The van der Waals surface area contributed by atoms with Gasteiger partial charge in [0, 0.05) is 18.3 Å². The van der Waals surface area contributed by atoms with Crippen LogP contribution in [0.25, 0.3) is 0 Å². The average molecular weight is 321 g/mol. The van der Waals surface area contributed by atoms with Crippen LogP contribution in [0, 0.1) is 5.82 Å². The molecule has 0 aromatic heterocycles. The maximum absolute atomic E-state index is 13.0. The quantitative estimate of drug-likeness (QED) is 0.542. The molecular formula is C16H24FN5O. The van der Waals surface area contributed by atoms with Crippen molar-refractivity contribution in [1.82, 2.24) is 10.2 Å². The van der Waals surface area contributed by atoms with Gasteiger partial charge in [0.05, 0.1) is 0 Å². The van der Waals surface area contributed by atoms with Crippen LogP contribution in [0.5, 0.6) is 0 Å². The van der Waals surface area contributed by atoms with E-state index in [1.165, 1.54) is 24.6 Å². The first-order valence-corrected chi connectivity index (χ1v) is 7.91. The smallest absolute Gasteiger partial charge is 0.246 e. The Hall–Kier alpha value is -2.15. The van der Waals surface area contributed by atoms with Crippen LogP contribution in [0.15, 0.2) is 29.3 Å². The van der Waals surface area contributed by atoms with E-state index in [1.807, 2.05) is 0 Å². The zero-order valence-corrected chi connectivity index (χ0v) is 13.4. The van der Waals surface area contributed by atoms with Crippen LogP contribution in [0.3, 0.4) is 0 Å². The van der Waals surface area contributed by atoms with E-state index in [1.54, 1.807) is 6.07 Å². The third-order valence-electron chi connectivity index (χ3n) is 3.93. The molecule has 2 rings (SSSR count). The second kappa shape index (κ2) is 8.47. The predicted octanol–water partition coefficient (Wildman–Crippen LogP) is 1.15. The van der Waals surface area contributed by atoms with Crippen LogP contribution in [0.1, 0.15) is 19.8 Å². The summed E-state index contributed by atoms with van der Waals surface area (Å²) in [5.41, 5.74) is 6.19. The summed E-state index contributed by atoms with van der Waals surface area (Å²) in [6.07, 6.45) is 2.35. The molecule has 0 aliphatic carbocycles. The number of amides is 1. The van der Waals surface area contributed by atoms with Crippen LogP contribution in [-0.2, 0) is 4.79 Å². The van der Waals surface area contributed by atoms with Crippen molar-refractivity contribution in [3.63, 3.8) is 0 Å². The highest BCUT2D eigenvalue weighted by molar-refractivity contribution is 5.93. The number of nitrogens with two attached hydrogens (primary N) is 1. The second-order valence-corrected chi connectivity index (χ2v) is 5.57. The van der Waals surface area contributed by atoms with Crippen LogP contribution in [0.4, 0.5) is 10.1 Å². The SMILES string of the molecule is CCN1CCCC1CNC(N)=NCC(=O)Nc1cccc(F)c1. The lowest BCUT2D eigenvalue weighted by Gasteiger charge is -2.23. The second-order valence-electron chi connectivity index (χ2n) is 5.57. The number of guanidine groups is 1. The number of carbonyl (C=O) groups is 1. The molecule has 1 fully saturated rings. The molecule has 1 aromatic rings. The molecule has 0 spiro atoms. The van der Waals surface area contributed by atoms with E-state index in [0.29, 0.717) is 11.7 Å². The molecule has 1 unspecified atom stereocenters. The molecule has 0 radical (unpaired) electrons. The van der Waals surface area contributed by atoms with Crippen molar-refractivity contribution in [2.45, 2.75) is 25.8 Å². The van der Waals surface area contributed by atoms with Gasteiger partial charge in [-0.1, -0.05) is 13.0 Å². The number of nitrogens with zero attached hydrogens (tertiary/aromatic N) is 2. The molecule has 4 N–H and O–H groups in total. The number of aliphatic imine (C=N–C) groups is 1. The molecule has 126 valence electrons. The minimum Gasteiger partial charge on any atom is -0.370 e. The highest BCUT2D eigenvalue weighted by Gasteiger charge is 2.22. The Kier molecular flexibility index (Phi) is 6.34. The lowest BCUT2D eigenvalue weighted by Crippen LogP contribution is -2.43. The van der Waals surface area contributed by atoms with Crippen molar-refractivity contribution in [2.75, 3.05) is 31.5 Å². The fraction of sp³-hybridized carbons (Fsp3) is 0.500. The van der Waals surface area contributed by atoms with Gasteiger partial charge in [0.2, 0.25) is 5.91 Å². The van der Waals surface area contributed by atoms with Gasteiger partial charge in [-0.05, 0) is 44.1 Å². The molecular weight excluding hydrogens is 297 g/mol. The van der Waals surface area contributed by atoms with Gasteiger partial charge < -0.3 is 16.4 Å². The number of rotatable bonds is 6. The molecule has 1 heterocycles. The first-order chi connectivity index (χ1) is 11.1. The van der Waals surface area contributed by atoms with Crippen LogP contribution < -0.4 is 16.4 Å². The molecule has 0 saturated carbocycles. The van der Waals surface area contributed by atoms with Crippen molar-refractivity contribution < 1.29 is 9.18 Å². The fourth-order valence-electron chi connectivity index (χ4n) is 2.74. The van der Waals surface area contributed by atoms with Gasteiger partial charge in [-0.3, -0.25) is 9.69 Å². The monoisotopic (exact) mass is 321 g/mol. The van der Waals surface area contributed by atoms with Crippen molar-refractivity contribution in [3.8, 4) is 0 Å². The van der Waals surface area contributed by atoms with E-state index in [2.05, 4.69) is 27.4 Å². The highest BCUT2D eigenvalue weighted by atomic mass is 19.1. The maximum Gasteiger partial charge on any atom is 0.246 e. The van der Waals surface area contributed by atoms with Gasteiger partial charge in [-0.25, -0.2) is 9.38 Å². The largest absolute Gasteiger partial charge is 0.370 e. The van der Waals surface area contributed by atoms with Gasteiger partial charge in [-0.15, -0.1) is 0 Å². The summed E-state index contributed by atoms with van der Waals surface area (Å²) in [5, 5.41) is 5.64. The molecule has 7 heteroatoms. The molecule has 6 nitrogen and oxygen atoms in total. The molecule has 1 amide bonds. The number of likely N-dealkylation sites (N-methyl/N-ethyl adjacent to an activating group) is 1. The Morgan fingerprint density at radius 2 is 2.35 bits per heavy atom. The first kappa shape index (κ1) is 17.2. The number of hydrogen-bond acceptors (Lipinski definition) is 3. The number of benzene rings is 1. The summed E-state index contributed by atoms with van der Waals surface area (Å²) in [4.78, 5) is 18.2. The normalized spacial score (nSPS) is 18.9. The molecule has 1 saturated heterocycles. The third-order valence-corrected chi connectivity index (χ3v) is 3.93. The number of likely N-dealkylation sites (tertiary alicyclic amines) is 1. The van der Waals surface area contributed by atoms with E-state index >= 15 is 0 Å². The van der Waals surface area contributed by atoms with Crippen molar-refractivity contribution >= 4 is 17.6 Å². The molecule has 1 atom stereocenters. The van der Waals surface area contributed by atoms with E-state index in [9.17, 15) is 9.18 Å². The Morgan fingerprint density at radius 1 is 1.52 bits per heavy atom. The summed E-state index contributed by atoms with van der Waals surface area (Å²) in [6, 6.07) is 6.19. The lowest BCUT2D eigenvalue weighted by molar-refractivity contribution is -0.114. The topological polar surface area (TPSA) is 82.8 Å². The molecule has 1 aliphatic rings. The number of halogens is 1. The lowest BCUT2D eigenvalue weighted by atomic mass is 10.2. The summed E-state index contributed by atoms with van der Waals surface area (Å²) in [5.74, 6) is -0.483. The summed E-state index contributed by atoms with van der Waals surface area (Å²) < 4.78 is 13.0. The van der Waals surface area contributed by atoms with Gasteiger partial charge in [-0.2, -0.15) is 0 Å². The first-order valence-electron chi connectivity index (χ1n) is 7.91. The molecule has 1 aromatic carbocycles. The van der Waals surface area contributed by atoms with Crippen LogP contribution in [-0.4, -0.2) is 49.0 Å². The zero-order chi connectivity index (χ0) is 16.7. The Bertz CT molecular complexity index is 563. The van der Waals surface area contributed by atoms with Crippen LogP contribution >= 0.6 is 0 Å². The Labute approximate surface area is 135 Å². The van der Waals surface area contributed by atoms with E-state index in [-0.39, 0.29) is 18.4 Å². The summed E-state index contributed by atoms with van der Waals surface area (Å²) in [7, 11) is 0. The number of anilines is 1. The predicted molar refractivity (Wildman–Crippen MR) is 89.8 cm³/mol. The zero-order valence-electron chi connectivity index (χ0n) is 13.4. The molecule has 0 bridgehead atoms. The Morgan fingerprint density at radius 3 is 3.09 bits per heavy atom. The minimum absolute atomic E-state index is 0.0997. The number of carbonyl (C=O) groups excluding carboxylic acids is 1. The van der Waals surface area contributed by atoms with E-state index < -0.39 is 5.82 Å². The average Bonchev–Trinajstić information content (AvgIpc) is 2.98. The molecule has 1 aliphatic heterocycles. The number of nitrogens with one attached hydrogen (secondary N) is 2. The van der Waals surface area contributed by atoms with Crippen molar-refractivity contribution in [1.29, 1.82) is 0 Å². The summed E-state index contributed by atoms with van der Waals surface area (Å²) in [6.45, 7) is 4.92. The fourth-order valence-corrected chi connectivity index (χ4v) is 2.74. The van der Waals surface area contributed by atoms with Gasteiger partial charge >= 0.3 is 0 Å². The summed E-state index contributed by atoms with van der Waals surface area (Å²) >= 11 is 0. The van der Waals surface area contributed by atoms with Gasteiger partial charge in [0.25, 0.3) is 0 Å². The van der Waals surface area contributed by atoms with E-state index in [0.717, 1.165) is 26.1 Å². The van der Waals surface area contributed by atoms with Crippen LogP contribution in [0.2, 0.25) is 0 Å². The maximum atomic E-state index is 13.0. The highest BCUT2D eigenvalue weighted by Crippen LogP contribution is 2.15. The molecule has 23 heavy (non-hydrogen) atoms. The van der Waals surface area contributed by atoms with Gasteiger partial charge in [0.1, 0.15) is 12.4 Å². The minimum atomic E-state index is -0.399. The van der Waals surface area contributed by atoms with Gasteiger partial charge in [0.15, 0.2) is 5.96 Å². The van der Waals surface area contributed by atoms with Crippen molar-refractivity contribution in [3.05, 3.63) is 30.1 Å². The number of hydrogen-bond donors (Lipinski definition) is 3. The standard InChI is InChI=1S/C16H24FN5O/c1-2-22-8-4-7-14(22)10-19-16(18)20-11-15(23)21-13-6-3-5-12(17)9-13/h3,5-6,9,14H,2,4,7-8,10-11H2,1H3,(H,21,23)(H3,18,19,20). The third kappa shape index (κ3) is 5.52. The Balaban J connectivity index is 1.74. The van der Waals surface area contributed by atoms with E-state index in [4.69, 9.17) is 5.73 Å².